The summed E-state index contributed by atoms with van der Waals surface area (Å²) < 4.78 is 0. The van der Waals surface area contributed by atoms with Crippen LogP contribution in [-0.4, -0.2) is 37.0 Å². The van der Waals surface area contributed by atoms with E-state index in [1.807, 2.05) is 4.90 Å². The highest BCUT2D eigenvalue weighted by atomic mass is 16.2. The first kappa shape index (κ1) is 16.0. The van der Waals surface area contributed by atoms with Gasteiger partial charge in [-0.15, -0.1) is 0 Å². The van der Waals surface area contributed by atoms with E-state index >= 15 is 0 Å². The van der Waals surface area contributed by atoms with Gasteiger partial charge in [0, 0.05) is 26.1 Å². The van der Waals surface area contributed by atoms with E-state index in [1.165, 1.54) is 24.8 Å². The molecule has 1 fully saturated rings. The zero-order valence-corrected chi connectivity index (χ0v) is 13.2. The molecule has 2 rings (SSSR count). The van der Waals surface area contributed by atoms with Gasteiger partial charge in [-0.05, 0) is 43.7 Å². The third-order valence-electron chi connectivity index (χ3n) is 4.35. The van der Waals surface area contributed by atoms with Crippen LogP contribution in [0.3, 0.4) is 0 Å². The number of carbonyl (C=O) groups is 1. The van der Waals surface area contributed by atoms with Crippen molar-refractivity contribution in [3.05, 3.63) is 35.9 Å². The Bertz CT molecular complexity index is 412. The molecule has 1 aliphatic rings. The van der Waals surface area contributed by atoms with Gasteiger partial charge in [-0.2, -0.15) is 0 Å². The molecule has 1 N–H and O–H groups in total. The van der Waals surface area contributed by atoms with E-state index in [1.54, 1.807) is 0 Å². The number of carbonyl (C=O) groups excluding carboxylic acids is 1. The molecule has 0 saturated carbocycles. The van der Waals surface area contributed by atoms with Crippen molar-refractivity contribution < 1.29 is 4.79 Å². The lowest BCUT2D eigenvalue weighted by Gasteiger charge is -2.26. The molecule has 3 heteroatoms. The summed E-state index contributed by atoms with van der Waals surface area (Å²) in [5.74, 6) is 0.884. The van der Waals surface area contributed by atoms with E-state index in [2.05, 4.69) is 42.6 Å². The number of rotatable bonds is 7. The van der Waals surface area contributed by atoms with Gasteiger partial charge in [0.2, 0.25) is 5.91 Å². The molecular weight excluding hydrogens is 260 g/mol. The van der Waals surface area contributed by atoms with Crippen LogP contribution in [0.2, 0.25) is 0 Å². The van der Waals surface area contributed by atoms with Crippen molar-refractivity contribution in [1.82, 2.24) is 10.2 Å². The fraction of sp³-hybridized carbons (Fsp3) is 0.611. The molecule has 21 heavy (non-hydrogen) atoms. The lowest BCUT2D eigenvalue weighted by molar-refractivity contribution is -0.131. The third-order valence-corrected chi connectivity index (χ3v) is 4.35. The summed E-state index contributed by atoms with van der Waals surface area (Å²) in [7, 11) is 0. The monoisotopic (exact) mass is 288 g/mol. The average Bonchev–Trinajstić information content (AvgIpc) is 2.55. The largest absolute Gasteiger partial charge is 0.343 e. The van der Waals surface area contributed by atoms with E-state index in [0.717, 1.165) is 32.6 Å². The zero-order chi connectivity index (χ0) is 14.9. The lowest BCUT2D eigenvalue weighted by atomic mass is 9.98. The minimum Gasteiger partial charge on any atom is -0.343 e. The first-order valence-electron chi connectivity index (χ1n) is 8.31. The van der Waals surface area contributed by atoms with Gasteiger partial charge < -0.3 is 10.2 Å². The predicted molar refractivity (Wildman–Crippen MR) is 87.4 cm³/mol. The fourth-order valence-electron chi connectivity index (χ4n) is 2.89. The minimum absolute atomic E-state index is 0.318. The molecule has 1 unspecified atom stereocenters. The number of likely N-dealkylation sites (tertiary alicyclic amines) is 1. The molecular formula is C18H28N2O. The molecule has 1 saturated heterocycles. The highest BCUT2D eigenvalue weighted by molar-refractivity contribution is 5.76. The molecule has 0 aromatic heterocycles. The van der Waals surface area contributed by atoms with Gasteiger partial charge in [-0.3, -0.25) is 4.79 Å². The van der Waals surface area contributed by atoms with Gasteiger partial charge in [0.1, 0.15) is 0 Å². The number of hydrogen-bond donors (Lipinski definition) is 1. The molecule has 1 aromatic rings. The second-order valence-electron chi connectivity index (χ2n) is 6.04. The van der Waals surface area contributed by atoms with Crippen LogP contribution in [0.15, 0.2) is 30.3 Å². The van der Waals surface area contributed by atoms with Crippen LogP contribution in [0.4, 0.5) is 0 Å². The average molecular weight is 288 g/mol. The van der Waals surface area contributed by atoms with E-state index in [9.17, 15) is 4.79 Å². The van der Waals surface area contributed by atoms with Crippen LogP contribution < -0.4 is 5.32 Å². The summed E-state index contributed by atoms with van der Waals surface area (Å²) in [6, 6.07) is 10.6. The van der Waals surface area contributed by atoms with Crippen molar-refractivity contribution in [3.8, 4) is 0 Å². The van der Waals surface area contributed by atoms with Gasteiger partial charge in [-0.1, -0.05) is 37.3 Å². The molecule has 0 aliphatic carbocycles. The quantitative estimate of drug-likeness (QED) is 0.782. The minimum atomic E-state index is 0.318. The zero-order valence-electron chi connectivity index (χ0n) is 13.2. The smallest absolute Gasteiger partial charge is 0.223 e. The molecule has 1 aliphatic heterocycles. The van der Waals surface area contributed by atoms with Crippen molar-refractivity contribution in [2.45, 2.75) is 44.9 Å². The molecule has 3 nitrogen and oxygen atoms in total. The summed E-state index contributed by atoms with van der Waals surface area (Å²) in [6.45, 7) is 5.96. The van der Waals surface area contributed by atoms with Gasteiger partial charge in [0.25, 0.3) is 0 Å². The molecule has 1 atom stereocenters. The Morgan fingerprint density at radius 3 is 2.57 bits per heavy atom. The first-order valence-corrected chi connectivity index (χ1v) is 8.31. The number of nitrogens with zero attached hydrogens (tertiary/aromatic N) is 1. The van der Waals surface area contributed by atoms with E-state index in [0.29, 0.717) is 18.2 Å². The number of nitrogens with one attached hydrogen (secondary N) is 1. The Morgan fingerprint density at radius 2 is 1.86 bits per heavy atom. The van der Waals surface area contributed by atoms with Gasteiger partial charge in [0.05, 0.1) is 0 Å². The van der Waals surface area contributed by atoms with E-state index in [-0.39, 0.29) is 0 Å². The van der Waals surface area contributed by atoms with Crippen LogP contribution in [-0.2, 0) is 4.79 Å². The maximum atomic E-state index is 12.0. The molecule has 1 amide bonds. The SMILES string of the molecule is CC(CCNCCC(=O)N1CCCCC1)c1ccccc1. The second-order valence-corrected chi connectivity index (χ2v) is 6.04. The Kier molecular flexibility index (Phi) is 6.74. The second kappa shape index (κ2) is 8.83. The number of amides is 1. The Balaban J connectivity index is 1.56. The fourth-order valence-corrected chi connectivity index (χ4v) is 2.89. The van der Waals surface area contributed by atoms with Gasteiger partial charge >= 0.3 is 0 Å². The van der Waals surface area contributed by atoms with Crippen LogP contribution in [0.25, 0.3) is 0 Å². The number of hydrogen-bond acceptors (Lipinski definition) is 2. The van der Waals surface area contributed by atoms with Crippen LogP contribution >= 0.6 is 0 Å². The molecule has 0 radical (unpaired) electrons. The highest BCUT2D eigenvalue weighted by Crippen LogP contribution is 2.17. The normalized spacial score (nSPS) is 16.7. The maximum absolute atomic E-state index is 12.0. The molecule has 1 heterocycles. The van der Waals surface area contributed by atoms with Crippen LogP contribution in [0.1, 0.15) is 50.5 Å². The summed E-state index contributed by atoms with van der Waals surface area (Å²) in [6.07, 6.45) is 5.38. The summed E-state index contributed by atoms with van der Waals surface area (Å²) in [4.78, 5) is 14.0. The van der Waals surface area contributed by atoms with Crippen molar-refractivity contribution in [2.24, 2.45) is 0 Å². The highest BCUT2D eigenvalue weighted by Gasteiger charge is 2.15. The van der Waals surface area contributed by atoms with Gasteiger partial charge in [-0.25, -0.2) is 0 Å². The van der Waals surface area contributed by atoms with Crippen molar-refractivity contribution >= 4 is 5.91 Å². The molecule has 0 spiro atoms. The molecule has 116 valence electrons. The Labute approximate surface area is 128 Å². The van der Waals surface area contributed by atoms with Gasteiger partial charge in [0.15, 0.2) is 0 Å². The van der Waals surface area contributed by atoms with Crippen LogP contribution in [0, 0.1) is 0 Å². The van der Waals surface area contributed by atoms with Crippen molar-refractivity contribution in [1.29, 1.82) is 0 Å². The molecule has 0 bridgehead atoms. The van der Waals surface area contributed by atoms with E-state index in [4.69, 9.17) is 0 Å². The molecule has 1 aromatic carbocycles. The Morgan fingerprint density at radius 1 is 1.14 bits per heavy atom. The maximum Gasteiger partial charge on any atom is 0.223 e. The van der Waals surface area contributed by atoms with Crippen molar-refractivity contribution in [3.63, 3.8) is 0 Å². The van der Waals surface area contributed by atoms with Crippen LogP contribution in [0.5, 0.6) is 0 Å². The standard InChI is InChI=1S/C18H28N2O/c1-16(17-8-4-2-5-9-17)10-12-19-13-11-18(21)20-14-6-3-7-15-20/h2,4-5,8-9,16,19H,3,6-7,10-15H2,1H3. The first-order chi connectivity index (χ1) is 10.3. The predicted octanol–water partition coefficient (Wildman–Crippen LogP) is 3.17. The topological polar surface area (TPSA) is 32.3 Å². The lowest BCUT2D eigenvalue weighted by Crippen LogP contribution is -2.37. The Hall–Kier alpha value is -1.35. The summed E-state index contributed by atoms with van der Waals surface area (Å²) in [5.41, 5.74) is 1.39. The number of piperidine rings is 1. The summed E-state index contributed by atoms with van der Waals surface area (Å²) >= 11 is 0. The summed E-state index contributed by atoms with van der Waals surface area (Å²) in [5, 5.41) is 3.41. The van der Waals surface area contributed by atoms with E-state index < -0.39 is 0 Å². The number of benzene rings is 1. The van der Waals surface area contributed by atoms with Crippen molar-refractivity contribution in [2.75, 3.05) is 26.2 Å². The third kappa shape index (κ3) is 5.50.